The number of para-hydroxylation sites is 1. The minimum atomic E-state index is -0.0632. The van der Waals surface area contributed by atoms with Crippen molar-refractivity contribution >= 4 is 35.1 Å². The van der Waals surface area contributed by atoms with Crippen molar-refractivity contribution in [2.75, 3.05) is 11.1 Å². The van der Waals surface area contributed by atoms with Crippen LogP contribution in [0, 0.1) is 6.92 Å². The van der Waals surface area contributed by atoms with E-state index in [9.17, 15) is 4.79 Å². The average molecular weight is 371 g/mol. The highest BCUT2D eigenvalue weighted by Gasteiger charge is 2.11. The Bertz CT molecular complexity index is 865. The Morgan fingerprint density at radius 1 is 1.08 bits per heavy atom. The van der Waals surface area contributed by atoms with Crippen LogP contribution in [0.5, 0.6) is 0 Å². The van der Waals surface area contributed by atoms with Crippen LogP contribution in [0.3, 0.4) is 0 Å². The third kappa shape index (κ3) is 4.64. The molecule has 1 aromatic heterocycles. The molecule has 128 valence electrons. The molecule has 0 aliphatic carbocycles. The van der Waals surface area contributed by atoms with Gasteiger partial charge in [-0.25, -0.2) is 0 Å². The summed E-state index contributed by atoms with van der Waals surface area (Å²) in [7, 11) is 1.89. The predicted molar refractivity (Wildman–Crippen MR) is 102 cm³/mol. The van der Waals surface area contributed by atoms with Crippen molar-refractivity contribution in [3.05, 3.63) is 60.4 Å². The number of anilines is 1. The van der Waals surface area contributed by atoms with Crippen LogP contribution in [0.1, 0.15) is 5.82 Å². The molecule has 0 radical (unpaired) electrons. The lowest BCUT2D eigenvalue weighted by Crippen LogP contribution is -2.15. The Balaban J connectivity index is 1.64. The van der Waals surface area contributed by atoms with Crippen LogP contribution in [0.25, 0.3) is 0 Å². The smallest absolute Gasteiger partial charge is 0.234 e. The van der Waals surface area contributed by atoms with E-state index in [1.807, 2.05) is 61.0 Å². The summed E-state index contributed by atoms with van der Waals surface area (Å²) in [5.41, 5.74) is 0.816. The normalized spacial score (nSPS) is 10.6. The number of carbonyl (C=O) groups excluding carboxylic acids is 1. The van der Waals surface area contributed by atoms with E-state index in [0.29, 0.717) is 0 Å². The molecule has 0 saturated carbocycles. The summed E-state index contributed by atoms with van der Waals surface area (Å²) in [4.78, 5) is 14.5. The van der Waals surface area contributed by atoms with Gasteiger partial charge in [0, 0.05) is 16.8 Å². The van der Waals surface area contributed by atoms with Gasteiger partial charge >= 0.3 is 0 Å². The minimum absolute atomic E-state index is 0.0632. The van der Waals surface area contributed by atoms with Gasteiger partial charge in [-0.1, -0.05) is 53.9 Å². The Kier molecular flexibility index (Phi) is 5.78. The van der Waals surface area contributed by atoms with Crippen LogP contribution < -0.4 is 5.32 Å². The van der Waals surface area contributed by atoms with Crippen LogP contribution in [-0.2, 0) is 11.8 Å². The van der Waals surface area contributed by atoms with Crippen LogP contribution in [0.4, 0.5) is 5.69 Å². The molecule has 5 nitrogen and oxygen atoms in total. The van der Waals surface area contributed by atoms with Gasteiger partial charge in [-0.3, -0.25) is 4.79 Å². The maximum Gasteiger partial charge on any atom is 0.234 e. The lowest BCUT2D eigenvalue weighted by molar-refractivity contribution is -0.113. The van der Waals surface area contributed by atoms with Gasteiger partial charge in [0.15, 0.2) is 5.16 Å². The summed E-state index contributed by atoms with van der Waals surface area (Å²) < 4.78 is 1.87. The molecule has 1 N–H and O–H groups in total. The topological polar surface area (TPSA) is 59.8 Å². The van der Waals surface area contributed by atoms with Crippen molar-refractivity contribution in [2.45, 2.75) is 21.9 Å². The van der Waals surface area contributed by atoms with Crippen molar-refractivity contribution in [3.63, 3.8) is 0 Å². The maximum atomic E-state index is 12.3. The summed E-state index contributed by atoms with van der Waals surface area (Å²) in [6, 6.07) is 17.9. The quantitative estimate of drug-likeness (QED) is 0.665. The highest BCUT2D eigenvalue weighted by Crippen LogP contribution is 2.33. The Morgan fingerprint density at radius 3 is 2.52 bits per heavy atom. The molecule has 0 unspecified atom stereocenters. The number of hydrogen-bond acceptors (Lipinski definition) is 5. The number of rotatable bonds is 6. The summed E-state index contributed by atoms with van der Waals surface area (Å²) in [5, 5.41) is 11.8. The highest BCUT2D eigenvalue weighted by molar-refractivity contribution is 8.00. The number of aryl methyl sites for hydroxylation is 1. The number of thioether (sulfide) groups is 1. The third-order valence-corrected chi connectivity index (χ3v) is 5.62. The highest BCUT2D eigenvalue weighted by atomic mass is 32.2. The van der Waals surface area contributed by atoms with Crippen molar-refractivity contribution < 1.29 is 4.79 Å². The third-order valence-electron chi connectivity index (χ3n) is 3.52. The molecule has 0 aliphatic heterocycles. The van der Waals surface area contributed by atoms with E-state index in [0.717, 1.165) is 26.5 Å². The van der Waals surface area contributed by atoms with Crippen molar-refractivity contribution in [1.29, 1.82) is 0 Å². The number of carbonyl (C=O) groups is 1. The van der Waals surface area contributed by atoms with Crippen molar-refractivity contribution in [1.82, 2.24) is 14.8 Å². The molecular weight excluding hydrogens is 352 g/mol. The minimum Gasteiger partial charge on any atom is -0.324 e. The van der Waals surface area contributed by atoms with Gasteiger partial charge in [0.05, 0.1) is 11.4 Å². The van der Waals surface area contributed by atoms with Gasteiger partial charge < -0.3 is 9.88 Å². The summed E-state index contributed by atoms with van der Waals surface area (Å²) in [5.74, 6) is 1.05. The number of nitrogens with zero attached hydrogens (tertiary/aromatic N) is 3. The van der Waals surface area contributed by atoms with Gasteiger partial charge in [-0.2, -0.15) is 0 Å². The zero-order valence-electron chi connectivity index (χ0n) is 14.0. The second-order valence-corrected chi connectivity index (χ2v) is 7.39. The van der Waals surface area contributed by atoms with Crippen LogP contribution in [0.15, 0.2) is 69.5 Å². The predicted octanol–water partition coefficient (Wildman–Crippen LogP) is 4.01. The molecule has 3 rings (SSSR count). The van der Waals surface area contributed by atoms with E-state index in [4.69, 9.17) is 0 Å². The fraction of sp³-hybridized carbons (Fsp3) is 0.167. The molecular formula is C18H18N4OS2. The number of amides is 1. The second kappa shape index (κ2) is 8.22. The maximum absolute atomic E-state index is 12.3. The molecule has 1 heterocycles. The standard InChI is InChI=1S/C18H18N4OS2/c1-13-20-21-18(22(13)2)24-12-17(23)19-15-10-6-7-11-16(15)25-14-8-4-3-5-9-14/h3-11H,12H2,1-2H3,(H,19,23). The number of aromatic nitrogens is 3. The van der Waals surface area contributed by atoms with Gasteiger partial charge in [0.1, 0.15) is 5.82 Å². The molecule has 0 fully saturated rings. The van der Waals surface area contributed by atoms with Crippen molar-refractivity contribution in [3.8, 4) is 0 Å². The summed E-state index contributed by atoms with van der Waals surface area (Å²) in [6.07, 6.45) is 0. The lowest BCUT2D eigenvalue weighted by Gasteiger charge is -2.10. The first-order chi connectivity index (χ1) is 12.1. The molecule has 2 aromatic carbocycles. The van der Waals surface area contributed by atoms with E-state index >= 15 is 0 Å². The average Bonchev–Trinajstić information content (AvgIpc) is 2.94. The molecule has 1 amide bonds. The second-order valence-electron chi connectivity index (χ2n) is 5.34. The first-order valence-corrected chi connectivity index (χ1v) is 9.54. The van der Waals surface area contributed by atoms with E-state index in [-0.39, 0.29) is 11.7 Å². The Morgan fingerprint density at radius 2 is 1.80 bits per heavy atom. The fourth-order valence-corrected chi connectivity index (χ4v) is 3.78. The first kappa shape index (κ1) is 17.6. The van der Waals surface area contributed by atoms with Crippen LogP contribution >= 0.6 is 23.5 Å². The van der Waals surface area contributed by atoms with Gasteiger partial charge in [0.2, 0.25) is 5.91 Å². The van der Waals surface area contributed by atoms with E-state index in [2.05, 4.69) is 27.6 Å². The van der Waals surface area contributed by atoms with Gasteiger partial charge in [-0.15, -0.1) is 10.2 Å². The molecule has 0 spiro atoms. The summed E-state index contributed by atoms with van der Waals surface area (Å²) >= 11 is 3.00. The Labute approximate surface area is 155 Å². The molecule has 0 saturated heterocycles. The molecule has 25 heavy (non-hydrogen) atoms. The number of benzene rings is 2. The monoisotopic (exact) mass is 370 g/mol. The van der Waals surface area contributed by atoms with E-state index in [1.165, 1.54) is 11.8 Å². The summed E-state index contributed by atoms with van der Waals surface area (Å²) in [6.45, 7) is 1.88. The first-order valence-electron chi connectivity index (χ1n) is 7.74. The van der Waals surface area contributed by atoms with Crippen LogP contribution in [0.2, 0.25) is 0 Å². The number of nitrogens with one attached hydrogen (secondary N) is 1. The van der Waals surface area contributed by atoms with Gasteiger partial charge in [-0.05, 0) is 31.2 Å². The van der Waals surface area contributed by atoms with Crippen molar-refractivity contribution in [2.24, 2.45) is 7.05 Å². The van der Waals surface area contributed by atoms with Crippen LogP contribution in [-0.4, -0.2) is 26.4 Å². The molecule has 0 aliphatic rings. The zero-order valence-corrected chi connectivity index (χ0v) is 15.6. The number of hydrogen-bond donors (Lipinski definition) is 1. The van der Waals surface area contributed by atoms with E-state index in [1.54, 1.807) is 11.8 Å². The molecule has 0 atom stereocenters. The van der Waals surface area contributed by atoms with Gasteiger partial charge in [0.25, 0.3) is 0 Å². The van der Waals surface area contributed by atoms with E-state index < -0.39 is 0 Å². The lowest BCUT2D eigenvalue weighted by atomic mass is 10.3. The largest absolute Gasteiger partial charge is 0.324 e. The molecule has 3 aromatic rings. The Hall–Kier alpha value is -2.25. The fourth-order valence-electron chi connectivity index (χ4n) is 2.10. The zero-order chi connectivity index (χ0) is 17.6. The SMILES string of the molecule is Cc1nnc(SCC(=O)Nc2ccccc2Sc2ccccc2)n1C. The molecule has 0 bridgehead atoms. The molecule has 7 heteroatoms.